The van der Waals surface area contributed by atoms with E-state index < -0.39 is 17.8 Å². The number of nitrogens with one attached hydrogen (secondary N) is 1. The van der Waals surface area contributed by atoms with E-state index in [0.29, 0.717) is 18.1 Å². The van der Waals surface area contributed by atoms with Gasteiger partial charge in [0.05, 0.1) is 11.1 Å². The molecule has 1 aromatic carbocycles. The number of carbonyl (C=O) groups excluding carboxylic acids is 1. The van der Waals surface area contributed by atoms with Crippen molar-refractivity contribution in [3.05, 3.63) is 23.3 Å². The molecule has 3 saturated carbocycles. The smallest absolute Gasteiger partial charge is 0.255 e. The molecule has 1 amide bonds. The number of aliphatic hydroxyl groups excluding tert-OH is 1. The molecule has 0 aromatic heterocycles. The van der Waals surface area contributed by atoms with Crippen LogP contribution in [0, 0.1) is 17.3 Å². The van der Waals surface area contributed by atoms with Crippen LogP contribution >= 0.6 is 0 Å². The van der Waals surface area contributed by atoms with E-state index in [1.807, 2.05) is 0 Å². The van der Waals surface area contributed by atoms with Crippen LogP contribution in [0.4, 0.5) is 0 Å². The molecule has 7 nitrogen and oxygen atoms in total. The molecule has 6 rings (SSSR count). The van der Waals surface area contributed by atoms with Crippen molar-refractivity contribution in [1.82, 2.24) is 10.2 Å². The molecule has 5 atom stereocenters. The summed E-state index contributed by atoms with van der Waals surface area (Å²) in [5, 5.41) is 36.8. The Balaban J connectivity index is 1.44. The van der Waals surface area contributed by atoms with Crippen LogP contribution in [0.15, 0.2) is 12.1 Å². The van der Waals surface area contributed by atoms with Gasteiger partial charge in [-0.2, -0.15) is 0 Å². The first-order valence-electron chi connectivity index (χ1n) is 11.1. The van der Waals surface area contributed by atoms with Crippen molar-refractivity contribution in [2.75, 3.05) is 20.1 Å². The maximum atomic E-state index is 12.9. The second-order valence-electron chi connectivity index (χ2n) is 10.4. The maximum Gasteiger partial charge on any atom is 0.255 e. The number of carbonyl (C=O) groups is 1. The monoisotopic (exact) mass is 416 g/mol. The van der Waals surface area contributed by atoms with Crippen molar-refractivity contribution in [3.63, 3.8) is 0 Å². The first-order chi connectivity index (χ1) is 14.1. The lowest BCUT2D eigenvalue weighted by Gasteiger charge is -2.67. The molecule has 1 saturated heterocycles. The van der Waals surface area contributed by atoms with Crippen LogP contribution in [0.25, 0.3) is 0 Å². The van der Waals surface area contributed by atoms with Gasteiger partial charge in [-0.15, -0.1) is 0 Å². The molecule has 0 unspecified atom stereocenters. The number of likely N-dealkylation sites (tertiary alicyclic amines) is 1. The van der Waals surface area contributed by atoms with Crippen molar-refractivity contribution in [2.45, 2.75) is 63.4 Å². The minimum Gasteiger partial charge on any atom is -0.507 e. The van der Waals surface area contributed by atoms with Gasteiger partial charge < -0.3 is 30.3 Å². The molecule has 0 spiro atoms. The minimum atomic E-state index is -1.47. The first-order valence-corrected chi connectivity index (χ1v) is 11.1. The number of hydrogen-bond acceptors (Lipinski definition) is 6. The number of benzene rings is 1. The van der Waals surface area contributed by atoms with Gasteiger partial charge in [0.2, 0.25) is 0 Å². The van der Waals surface area contributed by atoms with Gasteiger partial charge in [-0.3, -0.25) is 4.79 Å². The molecule has 4 fully saturated rings. The summed E-state index contributed by atoms with van der Waals surface area (Å²) >= 11 is 0. The summed E-state index contributed by atoms with van der Waals surface area (Å²) in [6.07, 6.45) is 1.43. The SMILES string of the molecule is CN1CCC(NC(=O)c2ccc3c(c2O)[C@H](O)[C@@]2(O)[C@@H]4C[C@H](C[C@H]2O3)C4(C)C)CC1. The van der Waals surface area contributed by atoms with E-state index in [1.54, 1.807) is 12.1 Å². The fourth-order valence-electron chi connectivity index (χ4n) is 6.32. The Morgan fingerprint density at radius 3 is 2.60 bits per heavy atom. The van der Waals surface area contributed by atoms with E-state index in [4.69, 9.17) is 4.74 Å². The van der Waals surface area contributed by atoms with Gasteiger partial charge in [-0.05, 0) is 75.2 Å². The Bertz CT molecular complexity index is 879. The Morgan fingerprint density at radius 2 is 1.93 bits per heavy atom. The Morgan fingerprint density at radius 1 is 1.23 bits per heavy atom. The maximum absolute atomic E-state index is 12.9. The van der Waals surface area contributed by atoms with Crippen molar-refractivity contribution < 1.29 is 24.9 Å². The molecule has 0 radical (unpaired) electrons. The summed E-state index contributed by atoms with van der Waals surface area (Å²) in [7, 11) is 2.06. The number of aromatic hydroxyl groups is 1. The highest BCUT2D eigenvalue weighted by Crippen LogP contribution is 2.67. The Hall–Kier alpha value is -1.83. The van der Waals surface area contributed by atoms with Gasteiger partial charge in [0.1, 0.15) is 29.3 Å². The van der Waals surface area contributed by atoms with Crippen molar-refractivity contribution in [3.8, 4) is 11.5 Å². The van der Waals surface area contributed by atoms with Crippen LogP contribution in [0.3, 0.4) is 0 Å². The van der Waals surface area contributed by atoms with E-state index in [-0.39, 0.29) is 40.2 Å². The molecular weight excluding hydrogens is 384 g/mol. The molecular formula is C23H32N2O5. The zero-order valence-electron chi connectivity index (χ0n) is 17.9. The summed E-state index contributed by atoms with van der Waals surface area (Å²) in [4.78, 5) is 15.1. The predicted octanol–water partition coefficient (Wildman–Crippen LogP) is 1.81. The van der Waals surface area contributed by atoms with Crippen LogP contribution < -0.4 is 10.1 Å². The van der Waals surface area contributed by atoms with Crippen LogP contribution in [0.1, 0.15) is 61.6 Å². The third-order valence-corrected chi connectivity index (χ3v) is 8.50. The summed E-state index contributed by atoms with van der Waals surface area (Å²) in [6, 6.07) is 3.24. The molecule has 2 aliphatic heterocycles. The van der Waals surface area contributed by atoms with Crippen molar-refractivity contribution in [2.24, 2.45) is 17.3 Å². The number of aliphatic hydroxyl groups is 2. The number of amides is 1. The summed E-state index contributed by atoms with van der Waals surface area (Å²) in [5.41, 5.74) is -1.32. The van der Waals surface area contributed by atoms with Crippen LogP contribution in [-0.2, 0) is 0 Å². The fraction of sp³-hybridized carbons (Fsp3) is 0.696. The number of hydrogen-bond donors (Lipinski definition) is 4. The molecule has 2 heterocycles. The quantitative estimate of drug-likeness (QED) is 0.587. The number of fused-ring (bicyclic) bond motifs is 1. The largest absolute Gasteiger partial charge is 0.507 e. The van der Waals surface area contributed by atoms with E-state index in [2.05, 4.69) is 31.1 Å². The lowest BCUT2D eigenvalue weighted by atomic mass is 9.42. The van der Waals surface area contributed by atoms with E-state index in [1.165, 1.54) is 0 Å². The third-order valence-electron chi connectivity index (χ3n) is 8.50. The normalized spacial score (nSPS) is 37.4. The number of nitrogens with zero attached hydrogens (tertiary/aromatic N) is 1. The number of piperidine rings is 1. The van der Waals surface area contributed by atoms with E-state index >= 15 is 0 Å². The second-order valence-corrected chi connectivity index (χ2v) is 10.4. The molecule has 4 N–H and O–H groups in total. The van der Waals surface area contributed by atoms with Crippen molar-refractivity contribution >= 4 is 5.91 Å². The van der Waals surface area contributed by atoms with Crippen LogP contribution in [0.2, 0.25) is 0 Å². The molecule has 1 aromatic rings. The molecule has 3 aliphatic carbocycles. The number of phenols is 1. The Labute approximate surface area is 177 Å². The summed E-state index contributed by atoms with van der Waals surface area (Å²) in [5.74, 6) is 0.0303. The van der Waals surface area contributed by atoms with Gasteiger partial charge in [-0.1, -0.05) is 13.8 Å². The first kappa shape index (κ1) is 20.1. The summed E-state index contributed by atoms with van der Waals surface area (Å²) in [6.45, 7) is 6.07. The van der Waals surface area contributed by atoms with Gasteiger partial charge in [0, 0.05) is 6.04 Å². The molecule has 164 valence electrons. The molecule has 30 heavy (non-hydrogen) atoms. The lowest BCUT2D eigenvalue weighted by molar-refractivity contribution is -0.289. The predicted molar refractivity (Wildman–Crippen MR) is 110 cm³/mol. The van der Waals surface area contributed by atoms with Gasteiger partial charge >= 0.3 is 0 Å². The second kappa shape index (κ2) is 6.58. The van der Waals surface area contributed by atoms with Gasteiger partial charge in [0.15, 0.2) is 0 Å². The highest BCUT2D eigenvalue weighted by atomic mass is 16.5. The number of phenolic OH excluding ortho intramolecular Hbond substituents is 1. The van der Waals surface area contributed by atoms with E-state index in [0.717, 1.165) is 32.4 Å². The topological polar surface area (TPSA) is 102 Å². The zero-order chi connectivity index (χ0) is 21.4. The number of rotatable bonds is 2. The molecule has 5 aliphatic rings. The van der Waals surface area contributed by atoms with Gasteiger partial charge in [0.25, 0.3) is 5.91 Å². The third kappa shape index (κ3) is 2.65. The van der Waals surface area contributed by atoms with Crippen molar-refractivity contribution in [1.29, 1.82) is 0 Å². The standard InChI is InChI=1S/C23H32N2O5/c1-22(2)12-10-16(22)23(29)17(11-12)30-15-5-4-14(19(26)18(15)20(23)27)21(28)24-13-6-8-25(3)9-7-13/h4-5,12-13,16-17,20,26-27,29H,6-11H2,1-3H3,(H,24,28)/t12-,16-,17-,20+,23-/m1/s1. The van der Waals surface area contributed by atoms with Gasteiger partial charge in [-0.25, -0.2) is 0 Å². The Kier molecular flexibility index (Phi) is 4.41. The lowest BCUT2D eigenvalue weighted by Crippen LogP contribution is -2.72. The number of ether oxygens (including phenoxy) is 1. The highest BCUT2D eigenvalue weighted by Gasteiger charge is 2.70. The van der Waals surface area contributed by atoms with E-state index in [9.17, 15) is 20.1 Å². The van der Waals surface area contributed by atoms with Crippen LogP contribution in [0.5, 0.6) is 11.5 Å². The average molecular weight is 417 g/mol. The minimum absolute atomic E-state index is 0.0601. The summed E-state index contributed by atoms with van der Waals surface area (Å²) < 4.78 is 6.07. The molecule has 2 bridgehead atoms. The fourth-order valence-corrected chi connectivity index (χ4v) is 6.32. The van der Waals surface area contributed by atoms with Crippen LogP contribution in [-0.4, -0.2) is 64.0 Å². The average Bonchev–Trinajstić information content (AvgIpc) is 2.70. The highest BCUT2D eigenvalue weighted by molar-refractivity contribution is 5.98. The molecule has 7 heteroatoms. The zero-order valence-corrected chi connectivity index (χ0v) is 17.9.